The highest BCUT2D eigenvalue weighted by Gasteiger charge is 2.15. The van der Waals surface area contributed by atoms with E-state index in [-0.39, 0.29) is 5.56 Å². The monoisotopic (exact) mass is 268 g/mol. The molecule has 0 fully saturated rings. The van der Waals surface area contributed by atoms with E-state index in [2.05, 4.69) is 6.92 Å². The molecule has 1 unspecified atom stereocenters. The van der Waals surface area contributed by atoms with E-state index >= 15 is 0 Å². The molecule has 1 N–H and O–H groups in total. The van der Waals surface area contributed by atoms with Crippen molar-refractivity contribution < 1.29 is 13.9 Å². The first-order valence-electron chi connectivity index (χ1n) is 5.80. The van der Waals surface area contributed by atoms with E-state index in [0.29, 0.717) is 6.42 Å². The highest BCUT2D eigenvalue weighted by Crippen LogP contribution is 2.25. The lowest BCUT2D eigenvalue weighted by atomic mass is 10.1. The van der Waals surface area contributed by atoms with E-state index in [1.807, 2.05) is 12.1 Å². The van der Waals surface area contributed by atoms with Crippen molar-refractivity contribution in [3.8, 4) is 0 Å². The summed E-state index contributed by atoms with van der Waals surface area (Å²) in [6.45, 7) is 2.06. The number of aliphatic hydroxyl groups is 1. The van der Waals surface area contributed by atoms with Crippen LogP contribution < -0.4 is 0 Å². The molecule has 2 aromatic rings. The van der Waals surface area contributed by atoms with Crippen LogP contribution >= 0.6 is 11.3 Å². The normalized spacial score (nSPS) is 12.7. The number of hydrogen-bond donors (Lipinski definition) is 1. The average Bonchev–Trinajstić information content (AvgIpc) is 2.76. The van der Waals surface area contributed by atoms with Gasteiger partial charge in [0.1, 0.15) is 11.6 Å². The van der Waals surface area contributed by atoms with E-state index in [1.54, 1.807) is 11.3 Å². The first kappa shape index (κ1) is 13.2. The van der Waals surface area contributed by atoms with E-state index in [1.165, 1.54) is 10.9 Å². The molecule has 0 aliphatic carbocycles. The fourth-order valence-corrected chi connectivity index (χ4v) is 2.79. The summed E-state index contributed by atoms with van der Waals surface area (Å²) >= 11 is 1.61. The van der Waals surface area contributed by atoms with Crippen LogP contribution in [0.5, 0.6) is 0 Å². The molecule has 0 saturated heterocycles. The van der Waals surface area contributed by atoms with Gasteiger partial charge in [-0.25, -0.2) is 8.78 Å². The molecule has 1 aromatic heterocycles. The molecule has 0 bridgehead atoms. The Bertz CT molecular complexity index is 536. The molecule has 1 nitrogen and oxygen atoms in total. The van der Waals surface area contributed by atoms with E-state index in [4.69, 9.17) is 0 Å². The number of aryl methyl sites for hydroxylation is 1. The second kappa shape index (κ2) is 5.59. The zero-order valence-corrected chi connectivity index (χ0v) is 10.8. The lowest BCUT2D eigenvalue weighted by molar-refractivity contribution is 0.174. The maximum atomic E-state index is 13.5. The van der Waals surface area contributed by atoms with Gasteiger partial charge in [0.25, 0.3) is 0 Å². The Labute approximate surface area is 109 Å². The molecular formula is C14H14F2OS. The van der Waals surface area contributed by atoms with Gasteiger partial charge >= 0.3 is 0 Å². The lowest BCUT2D eigenvalue weighted by Crippen LogP contribution is -2.03. The highest BCUT2D eigenvalue weighted by molar-refractivity contribution is 7.11. The van der Waals surface area contributed by atoms with Gasteiger partial charge in [0, 0.05) is 27.8 Å². The van der Waals surface area contributed by atoms with Crippen LogP contribution in [0, 0.1) is 11.6 Å². The van der Waals surface area contributed by atoms with Gasteiger partial charge in [-0.3, -0.25) is 0 Å². The fraction of sp³-hybridized carbons (Fsp3) is 0.286. The second-order valence-corrected chi connectivity index (χ2v) is 5.36. The van der Waals surface area contributed by atoms with Crippen molar-refractivity contribution in [1.29, 1.82) is 0 Å². The molecule has 1 heterocycles. The summed E-state index contributed by atoms with van der Waals surface area (Å²) in [7, 11) is 0. The quantitative estimate of drug-likeness (QED) is 0.892. The minimum absolute atomic E-state index is 0.142. The Hall–Kier alpha value is -1.26. The average molecular weight is 268 g/mol. The van der Waals surface area contributed by atoms with Gasteiger partial charge in [-0.15, -0.1) is 11.3 Å². The van der Waals surface area contributed by atoms with Gasteiger partial charge in [-0.05, 0) is 24.6 Å². The maximum absolute atomic E-state index is 13.5. The zero-order chi connectivity index (χ0) is 13.1. The topological polar surface area (TPSA) is 20.2 Å². The Morgan fingerprint density at radius 3 is 2.50 bits per heavy atom. The van der Waals surface area contributed by atoms with E-state index in [0.717, 1.165) is 23.4 Å². The van der Waals surface area contributed by atoms with Crippen LogP contribution in [0.15, 0.2) is 30.3 Å². The van der Waals surface area contributed by atoms with Crippen molar-refractivity contribution in [2.45, 2.75) is 25.9 Å². The molecule has 0 saturated carbocycles. The van der Waals surface area contributed by atoms with Crippen molar-refractivity contribution in [2.75, 3.05) is 0 Å². The minimum Gasteiger partial charge on any atom is -0.388 e. The number of benzene rings is 1. The molecule has 2 rings (SSSR count). The summed E-state index contributed by atoms with van der Waals surface area (Å²) in [4.78, 5) is 2.24. The van der Waals surface area contributed by atoms with Crippen molar-refractivity contribution in [1.82, 2.24) is 0 Å². The molecule has 1 atom stereocenters. The van der Waals surface area contributed by atoms with Crippen molar-refractivity contribution >= 4 is 11.3 Å². The lowest BCUT2D eigenvalue weighted by Gasteiger charge is -2.10. The molecule has 0 radical (unpaired) electrons. The number of thiophene rings is 1. The Balaban J connectivity index is 2.13. The summed E-state index contributed by atoms with van der Waals surface area (Å²) in [5, 5.41) is 9.97. The van der Waals surface area contributed by atoms with Crippen molar-refractivity contribution in [3.05, 3.63) is 57.3 Å². The van der Waals surface area contributed by atoms with Gasteiger partial charge in [-0.2, -0.15) is 0 Å². The first-order chi connectivity index (χ1) is 8.60. The molecule has 0 amide bonds. The largest absolute Gasteiger partial charge is 0.388 e. The minimum atomic E-state index is -0.936. The van der Waals surface area contributed by atoms with Gasteiger partial charge in [0.2, 0.25) is 0 Å². The molecular weight excluding hydrogens is 254 g/mol. The summed E-state index contributed by atoms with van der Waals surface area (Å²) in [5.41, 5.74) is 0.142. The predicted octanol–water partition coefficient (Wildman–Crippen LogP) is 3.86. The van der Waals surface area contributed by atoms with Crippen LogP contribution in [0.3, 0.4) is 0 Å². The van der Waals surface area contributed by atoms with Crippen LogP contribution in [0.1, 0.15) is 28.3 Å². The summed E-state index contributed by atoms with van der Waals surface area (Å²) in [5.74, 6) is -1.33. The third kappa shape index (κ3) is 2.94. The van der Waals surface area contributed by atoms with Crippen molar-refractivity contribution in [3.63, 3.8) is 0 Å². The summed E-state index contributed by atoms with van der Waals surface area (Å²) in [6.07, 6.45) is 0.368. The second-order valence-electron chi connectivity index (χ2n) is 4.11. The molecule has 4 heteroatoms. The van der Waals surface area contributed by atoms with Gasteiger partial charge < -0.3 is 5.11 Å². The molecule has 96 valence electrons. The molecule has 0 aliphatic rings. The van der Waals surface area contributed by atoms with Gasteiger partial charge in [0.15, 0.2) is 0 Å². The predicted molar refractivity (Wildman–Crippen MR) is 68.7 cm³/mol. The number of hydrogen-bond acceptors (Lipinski definition) is 2. The van der Waals surface area contributed by atoms with Crippen molar-refractivity contribution in [2.24, 2.45) is 0 Å². The third-order valence-electron chi connectivity index (χ3n) is 2.78. The smallest absolute Gasteiger partial charge is 0.131 e. The summed E-state index contributed by atoms with van der Waals surface area (Å²) in [6, 6.07) is 7.20. The third-order valence-corrected chi connectivity index (χ3v) is 4.03. The molecule has 0 aliphatic heterocycles. The molecule has 1 aromatic carbocycles. The van der Waals surface area contributed by atoms with Crippen LogP contribution in [-0.2, 0) is 12.8 Å². The summed E-state index contributed by atoms with van der Waals surface area (Å²) < 4.78 is 26.2. The van der Waals surface area contributed by atoms with E-state index in [9.17, 15) is 13.9 Å². The van der Waals surface area contributed by atoms with Crippen LogP contribution in [0.4, 0.5) is 8.78 Å². The number of halogens is 2. The van der Waals surface area contributed by atoms with Crippen LogP contribution in [0.25, 0.3) is 0 Å². The Kier molecular flexibility index (Phi) is 4.09. The zero-order valence-electron chi connectivity index (χ0n) is 9.99. The highest BCUT2D eigenvalue weighted by atomic mass is 32.1. The van der Waals surface area contributed by atoms with E-state index < -0.39 is 17.7 Å². The van der Waals surface area contributed by atoms with Gasteiger partial charge in [-0.1, -0.05) is 13.0 Å². The number of rotatable bonds is 4. The Morgan fingerprint density at radius 1 is 1.17 bits per heavy atom. The molecule has 0 spiro atoms. The maximum Gasteiger partial charge on any atom is 0.131 e. The Morgan fingerprint density at radius 2 is 1.89 bits per heavy atom. The SMILES string of the molecule is CCc1ccc(CC(O)c2ccc(F)cc2F)s1. The van der Waals surface area contributed by atoms with Crippen LogP contribution in [0.2, 0.25) is 0 Å². The van der Waals surface area contributed by atoms with Gasteiger partial charge in [0.05, 0.1) is 6.10 Å². The van der Waals surface area contributed by atoms with Crippen LogP contribution in [-0.4, -0.2) is 5.11 Å². The fourth-order valence-electron chi connectivity index (χ4n) is 1.79. The molecule has 18 heavy (non-hydrogen) atoms. The first-order valence-corrected chi connectivity index (χ1v) is 6.62. The standard InChI is InChI=1S/C14H14F2OS/c1-2-10-4-5-11(18-10)8-14(17)12-6-3-9(15)7-13(12)16/h3-7,14,17H,2,8H2,1H3. The number of aliphatic hydroxyl groups excluding tert-OH is 1.